The van der Waals surface area contributed by atoms with E-state index in [1.807, 2.05) is 36.4 Å². The van der Waals surface area contributed by atoms with Crippen molar-refractivity contribution in [1.82, 2.24) is 0 Å². The minimum Gasteiger partial charge on any atom is -0.493 e. The Labute approximate surface area is 131 Å². The largest absolute Gasteiger partial charge is 0.493 e. The van der Waals surface area contributed by atoms with Gasteiger partial charge in [0, 0.05) is 27.1 Å². The highest BCUT2D eigenvalue weighted by Gasteiger charge is 2.20. The molecular weight excluding hydrogens is 336 g/mol. The number of rotatable bonds is 4. The van der Waals surface area contributed by atoms with Gasteiger partial charge in [-0.2, -0.15) is 0 Å². The molecule has 0 bridgehead atoms. The molecule has 0 radical (unpaired) electrons. The molecule has 0 amide bonds. The van der Waals surface area contributed by atoms with Crippen LogP contribution in [0.4, 0.5) is 0 Å². The maximum atomic E-state index is 10.4. The van der Waals surface area contributed by atoms with Crippen molar-refractivity contribution in [2.45, 2.75) is 17.4 Å². The lowest BCUT2D eigenvalue weighted by Crippen LogP contribution is -2.03. The number of hydrogen-bond donors (Lipinski definition) is 1. The van der Waals surface area contributed by atoms with Crippen LogP contribution in [0, 0.1) is 0 Å². The van der Waals surface area contributed by atoms with Crippen LogP contribution in [-0.2, 0) is 6.42 Å². The monoisotopic (exact) mass is 350 g/mol. The second-order valence-corrected chi connectivity index (χ2v) is 6.72. The smallest absolute Gasteiger partial charge is 0.128 e. The molecule has 0 aliphatic carbocycles. The Kier molecular flexibility index (Phi) is 4.34. The minimum atomic E-state index is -0.503. The summed E-state index contributed by atoms with van der Waals surface area (Å²) < 4.78 is 6.71. The second-order valence-electron chi connectivity index (χ2n) is 4.71. The molecule has 20 heavy (non-hydrogen) atoms. The third-order valence-electron chi connectivity index (χ3n) is 3.33. The predicted molar refractivity (Wildman–Crippen MR) is 85.5 cm³/mol. The van der Waals surface area contributed by atoms with Gasteiger partial charge in [0.25, 0.3) is 0 Å². The molecule has 1 heterocycles. The van der Waals surface area contributed by atoms with Crippen molar-refractivity contribution < 1.29 is 9.84 Å². The molecular formula is C16H15BrO2S. The number of aliphatic hydroxyl groups is 1. The highest BCUT2D eigenvalue weighted by atomic mass is 79.9. The van der Waals surface area contributed by atoms with Gasteiger partial charge in [-0.1, -0.05) is 34.1 Å². The van der Waals surface area contributed by atoms with Crippen molar-refractivity contribution in [3.8, 4) is 5.75 Å². The van der Waals surface area contributed by atoms with E-state index in [9.17, 15) is 5.11 Å². The summed E-state index contributed by atoms with van der Waals surface area (Å²) in [5.74, 6) is 1.51. The van der Waals surface area contributed by atoms with Gasteiger partial charge in [0.1, 0.15) is 5.75 Å². The highest BCUT2D eigenvalue weighted by Crippen LogP contribution is 2.35. The number of hydrogen-bond acceptors (Lipinski definition) is 3. The molecule has 1 unspecified atom stereocenters. The first kappa shape index (κ1) is 14.0. The molecule has 1 N–H and O–H groups in total. The third-order valence-corrected chi connectivity index (χ3v) is 4.94. The summed E-state index contributed by atoms with van der Waals surface area (Å²) >= 11 is 5.07. The number of ether oxygens (including phenoxy) is 1. The third kappa shape index (κ3) is 3.03. The summed E-state index contributed by atoms with van der Waals surface area (Å²) in [6.07, 6.45) is 0.437. The quantitative estimate of drug-likeness (QED) is 0.837. The van der Waals surface area contributed by atoms with E-state index >= 15 is 0 Å². The molecule has 1 atom stereocenters. The van der Waals surface area contributed by atoms with E-state index in [0.717, 1.165) is 33.7 Å². The highest BCUT2D eigenvalue weighted by molar-refractivity contribution is 9.10. The van der Waals surface area contributed by atoms with Crippen LogP contribution >= 0.6 is 27.7 Å². The molecule has 0 saturated heterocycles. The molecule has 0 saturated carbocycles. The molecule has 2 nitrogen and oxygen atoms in total. The zero-order valence-corrected chi connectivity index (χ0v) is 13.3. The van der Waals surface area contributed by atoms with E-state index in [4.69, 9.17) is 4.74 Å². The maximum absolute atomic E-state index is 10.4. The van der Waals surface area contributed by atoms with Gasteiger partial charge in [0.15, 0.2) is 0 Å². The zero-order valence-electron chi connectivity index (χ0n) is 10.9. The fourth-order valence-corrected chi connectivity index (χ4v) is 3.42. The van der Waals surface area contributed by atoms with E-state index in [1.165, 1.54) is 5.56 Å². The van der Waals surface area contributed by atoms with E-state index < -0.39 is 6.10 Å². The number of thioether (sulfide) groups is 1. The zero-order chi connectivity index (χ0) is 13.9. The number of halogens is 1. The Bertz CT molecular complexity index is 598. The molecule has 4 heteroatoms. The first-order valence-electron chi connectivity index (χ1n) is 6.55. The Hall–Kier alpha value is -0.970. The van der Waals surface area contributed by atoms with Gasteiger partial charge in [-0.05, 0) is 29.8 Å². The predicted octanol–water partition coefficient (Wildman–Crippen LogP) is 4.21. The minimum absolute atomic E-state index is 0.503. The van der Waals surface area contributed by atoms with Crippen molar-refractivity contribution >= 4 is 27.7 Å². The molecule has 2 aromatic carbocycles. The summed E-state index contributed by atoms with van der Waals surface area (Å²) in [4.78, 5) is 1.15. The van der Waals surface area contributed by atoms with E-state index in [1.54, 1.807) is 11.8 Å². The summed E-state index contributed by atoms with van der Waals surface area (Å²) in [5, 5.41) is 10.4. The van der Waals surface area contributed by atoms with Gasteiger partial charge in [-0.15, -0.1) is 11.8 Å². The lowest BCUT2D eigenvalue weighted by molar-refractivity contribution is 0.198. The average molecular weight is 351 g/mol. The lowest BCUT2D eigenvalue weighted by Gasteiger charge is -2.14. The maximum Gasteiger partial charge on any atom is 0.128 e. The van der Waals surface area contributed by atoms with Crippen LogP contribution in [0.3, 0.4) is 0 Å². The normalized spacial score (nSPS) is 14.7. The number of fused-ring (bicyclic) bond motifs is 1. The number of aliphatic hydroxyl groups excluding tert-OH is 1. The lowest BCUT2D eigenvalue weighted by atomic mass is 10.0. The SMILES string of the molecule is OC(CSc1ccc(Br)cc1)c1cccc2c1OCC2. The summed E-state index contributed by atoms with van der Waals surface area (Å²) in [7, 11) is 0. The van der Waals surface area contributed by atoms with Crippen LogP contribution < -0.4 is 4.74 Å². The summed E-state index contributed by atoms with van der Waals surface area (Å²) in [6.45, 7) is 0.721. The van der Waals surface area contributed by atoms with Crippen molar-refractivity contribution in [2.24, 2.45) is 0 Å². The average Bonchev–Trinajstić information content (AvgIpc) is 2.94. The molecule has 1 aliphatic heterocycles. The molecule has 2 aromatic rings. The Morgan fingerprint density at radius 1 is 1.20 bits per heavy atom. The van der Waals surface area contributed by atoms with Gasteiger partial charge in [0.2, 0.25) is 0 Å². The van der Waals surface area contributed by atoms with E-state index in [2.05, 4.69) is 22.0 Å². The second kappa shape index (κ2) is 6.20. The van der Waals surface area contributed by atoms with E-state index in [0.29, 0.717) is 5.75 Å². The summed E-state index contributed by atoms with van der Waals surface area (Å²) in [6, 6.07) is 14.1. The van der Waals surface area contributed by atoms with Crippen LogP contribution in [0.5, 0.6) is 5.75 Å². The molecule has 1 aliphatic rings. The van der Waals surface area contributed by atoms with Crippen LogP contribution in [0.25, 0.3) is 0 Å². The number of para-hydroxylation sites is 1. The van der Waals surface area contributed by atoms with Crippen molar-refractivity contribution in [3.63, 3.8) is 0 Å². The standard InChI is InChI=1S/C16H15BrO2S/c17-12-4-6-13(7-5-12)20-10-15(18)14-3-1-2-11-8-9-19-16(11)14/h1-7,15,18H,8-10H2. The Morgan fingerprint density at radius 3 is 2.80 bits per heavy atom. The van der Waals surface area contributed by atoms with Gasteiger partial charge >= 0.3 is 0 Å². The first-order chi connectivity index (χ1) is 9.74. The van der Waals surface area contributed by atoms with Crippen LogP contribution in [0.1, 0.15) is 17.2 Å². The Balaban J connectivity index is 1.69. The Morgan fingerprint density at radius 2 is 2.00 bits per heavy atom. The van der Waals surface area contributed by atoms with Gasteiger partial charge in [0.05, 0.1) is 12.7 Å². The first-order valence-corrected chi connectivity index (χ1v) is 8.33. The molecule has 3 rings (SSSR count). The van der Waals surface area contributed by atoms with Crippen molar-refractivity contribution in [3.05, 3.63) is 58.1 Å². The van der Waals surface area contributed by atoms with Gasteiger partial charge in [-0.3, -0.25) is 0 Å². The van der Waals surface area contributed by atoms with Crippen molar-refractivity contribution in [1.29, 1.82) is 0 Å². The van der Waals surface area contributed by atoms with E-state index in [-0.39, 0.29) is 0 Å². The molecule has 0 spiro atoms. The molecule has 0 fully saturated rings. The van der Waals surface area contributed by atoms with Crippen LogP contribution in [-0.4, -0.2) is 17.5 Å². The summed E-state index contributed by atoms with van der Waals surface area (Å²) in [5.41, 5.74) is 2.11. The topological polar surface area (TPSA) is 29.5 Å². The molecule has 104 valence electrons. The van der Waals surface area contributed by atoms with Gasteiger partial charge < -0.3 is 9.84 Å². The van der Waals surface area contributed by atoms with Crippen molar-refractivity contribution in [2.75, 3.05) is 12.4 Å². The van der Waals surface area contributed by atoms with Gasteiger partial charge in [-0.25, -0.2) is 0 Å². The number of benzene rings is 2. The van der Waals surface area contributed by atoms with Crippen LogP contribution in [0.2, 0.25) is 0 Å². The fourth-order valence-electron chi connectivity index (χ4n) is 2.30. The molecule has 0 aromatic heterocycles. The van der Waals surface area contributed by atoms with Crippen LogP contribution in [0.15, 0.2) is 51.8 Å². The fraction of sp³-hybridized carbons (Fsp3) is 0.250.